The smallest absolute Gasteiger partial charge is 0.243 e. The average molecular weight is 565 g/mol. The molecule has 14 nitrogen and oxygen atoms in total. The minimum atomic E-state index is -1.42. The standard InChI is InChI=1S/C26H36N4O10/c1-12-25(37)30-14(7-13-5-3-2-4-6-13)26(38)28-11-18-24(36)21(33)15(39-18)8-19(31)27-10-17-23(35)22(34)16(40-17)9-20(32)29-12/h2-6,12,14-18,21-24,33-36H,7-11H2,1H3,(H,27,31)(H,28,38)(H,29,32)(H,30,37)/t12-,14-,15-,16-,17+,18+,21-,22-,23+,24+/m0/s1. The van der Waals surface area contributed by atoms with E-state index in [1.807, 2.05) is 0 Å². The maximum atomic E-state index is 13.1. The maximum absolute atomic E-state index is 13.1. The van der Waals surface area contributed by atoms with Crippen LogP contribution in [0.15, 0.2) is 30.3 Å². The summed E-state index contributed by atoms with van der Waals surface area (Å²) in [6.45, 7) is 1.03. The minimum absolute atomic E-state index is 0.125. The Morgan fingerprint density at radius 2 is 1.23 bits per heavy atom. The van der Waals surface area contributed by atoms with E-state index in [1.54, 1.807) is 30.3 Å². The van der Waals surface area contributed by atoms with Crippen LogP contribution in [-0.4, -0.2) is 118 Å². The number of ether oxygens (including phenoxy) is 2. The monoisotopic (exact) mass is 564 g/mol. The summed E-state index contributed by atoms with van der Waals surface area (Å²) in [6, 6.07) is 6.83. The van der Waals surface area contributed by atoms with E-state index in [0.29, 0.717) is 0 Å². The third kappa shape index (κ3) is 7.13. The summed E-state index contributed by atoms with van der Waals surface area (Å²) in [6.07, 6.45) is -10.4. The molecule has 220 valence electrons. The van der Waals surface area contributed by atoms with Crippen LogP contribution in [0.2, 0.25) is 0 Å². The predicted octanol–water partition coefficient (Wildman–Crippen LogP) is -3.78. The van der Waals surface area contributed by atoms with Crippen LogP contribution in [0.4, 0.5) is 0 Å². The molecule has 4 rings (SSSR count). The summed E-state index contributed by atoms with van der Waals surface area (Å²) in [5, 5.41) is 51.9. The molecule has 4 amide bonds. The lowest BCUT2D eigenvalue weighted by atomic mass is 10.0. The molecular weight excluding hydrogens is 528 g/mol. The number of benzene rings is 1. The molecule has 3 heterocycles. The molecule has 3 aliphatic rings. The Hall–Kier alpha value is -3.14. The van der Waals surface area contributed by atoms with Gasteiger partial charge in [0.1, 0.15) is 48.7 Å². The second-order valence-electron chi connectivity index (χ2n) is 10.4. The van der Waals surface area contributed by atoms with Crippen molar-refractivity contribution in [2.24, 2.45) is 0 Å². The fraction of sp³-hybridized carbons (Fsp3) is 0.615. The summed E-state index contributed by atoms with van der Waals surface area (Å²) in [5.74, 6) is -2.42. The minimum Gasteiger partial charge on any atom is -0.388 e. The number of aliphatic hydroxyl groups is 4. The highest BCUT2D eigenvalue weighted by molar-refractivity contribution is 5.92. The molecule has 8 N–H and O–H groups in total. The first-order chi connectivity index (χ1) is 19.0. The zero-order valence-corrected chi connectivity index (χ0v) is 21.9. The van der Waals surface area contributed by atoms with Crippen LogP contribution in [0.3, 0.4) is 0 Å². The number of rotatable bonds is 2. The molecule has 14 heteroatoms. The summed E-state index contributed by atoms with van der Waals surface area (Å²) in [7, 11) is 0. The van der Waals surface area contributed by atoms with Gasteiger partial charge in [0.05, 0.1) is 25.0 Å². The van der Waals surface area contributed by atoms with Crippen molar-refractivity contribution >= 4 is 23.6 Å². The highest BCUT2D eigenvalue weighted by Crippen LogP contribution is 2.25. The Bertz CT molecular complexity index is 1070. The molecule has 1 aromatic carbocycles. The van der Waals surface area contributed by atoms with E-state index in [1.165, 1.54) is 6.92 Å². The Morgan fingerprint density at radius 3 is 1.82 bits per heavy atom. The van der Waals surface area contributed by atoms with Gasteiger partial charge >= 0.3 is 0 Å². The number of carbonyl (C=O) groups is 4. The van der Waals surface area contributed by atoms with Crippen LogP contribution in [0.1, 0.15) is 25.3 Å². The van der Waals surface area contributed by atoms with Gasteiger partial charge in [-0.3, -0.25) is 19.2 Å². The number of hydrogen-bond acceptors (Lipinski definition) is 10. The van der Waals surface area contributed by atoms with Gasteiger partial charge < -0.3 is 51.2 Å². The van der Waals surface area contributed by atoms with E-state index < -0.39 is 84.5 Å². The van der Waals surface area contributed by atoms with Crippen molar-refractivity contribution in [1.29, 1.82) is 0 Å². The summed E-state index contributed by atoms with van der Waals surface area (Å²) < 4.78 is 11.3. The molecule has 0 aromatic heterocycles. The van der Waals surface area contributed by atoms with E-state index >= 15 is 0 Å². The lowest BCUT2D eigenvalue weighted by molar-refractivity contribution is -0.133. The third-order valence-electron chi connectivity index (χ3n) is 7.36. The number of aliphatic hydroxyl groups excluding tert-OH is 4. The largest absolute Gasteiger partial charge is 0.388 e. The first kappa shape index (κ1) is 29.8. The molecule has 3 saturated heterocycles. The zero-order chi connectivity index (χ0) is 29.0. The Balaban J connectivity index is 1.53. The molecule has 3 fully saturated rings. The highest BCUT2D eigenvalue weighted by Gasteiger charge is 2.45. The van der Waals surface area contributed by atoms with Gasteiger partial charge in [0, 0.05) is 19.5 Å². The molecule has 4 bridgehead atoms. The van der Waals surface area contributed by atoms with Crippen molar-refractivity contribution in [3.05, 3.63) is 35.9 Å². The molecule has 0 spiro atoms. The van der Waals surface area contributed by atoms with Gasteiger partial charge in [0.25, 0.3) is 0 Å². The topological polar surface area (TPSA) is 216 Å². The van der Waals surface area contributed by atoms with Crippen LogP contribution >= 0.6 is 0 Å². The van der Waals surface area contributed by atoms with Crippen LogP contribution < -0.4 is 21.3 Å². The van der Waals surface area contributed by atoms with E-state index in [4.69, 9.17) is 9.47 Å². The van der Waals surface area contributed by atoms with Gasteiger partial charge in [-0.15, -0.1) is 0 Å². The van der Waals surface area contributed by atoms with E-state index in [9.17, 15) is 39.6 Å². The SMILES string of the molecule is C[C@@H]1NC(=O)C[C@@H]2O[C@H](CNC(=O)C[C@@H]3O[C@H](CNC(=O)[C@H](Cc4ccccc4)NC1=O)[C@@H](O)[C@H]3O)[C@@H](O)[C@H]2O. The van der Waals surface area contributed by atoms with Crippen LogP contribution in [-0.2, 0) is 35.1 Å². The molecule has 40 heavy (non-hydrogen) atoms. The van der Waals surface area contributed by atoms with Crippen LogP contribution in [0.5, 0.6) is 0 Å². The summed E-state index contributed by atoms with van der Waals surface area (Å²) in [4.78, 5) is 51.2. The molecule has 1 aromatic rings. The predicted molar refractivity (Wildman–Crippen MR) is 136 cm³/mol. The van der Waals surface area contributed by atoms with Crippen molar-refractivity contribution in [2.75, 3.05) is 13.1 Å². The normalized spacial score (nSPS) is 38.1. The van der Waals surface area contributed by atoms with Gasteiger partial charge in [0.2, 0.25) is 23.6 Å². The first-order valence-corrected chi connectivity index (χ1v) is 13.2. The lowest BCUT2D eigenvalue weighted by Crippen LogP contribution is -2.55. The molecule has 3 aliphatic heterocycles. The van der Waals surface area contributed by atoms with E-state index in [0.717, 1.165) is 5.56 Å². The Labute approximate surface area is 230 Å². The fourth-order valence-corrected chi connectivity index (χ4v) is 5.02. The van der Waals surface area contributed by atoms with Gasteiger partial charge in [-0.25, -0.2) is 0 Å². The fourth-order valence-electron chi connectivity index (χ4n) is 5.02. The first-order valence-electron chi connectivity index (χ1n) is 13.2. The molecule has 0 aliphatic carbocycles. The number of fused-ring (bicyclic) bond motifs is 4. The van der Waals surface area contributed by atoms with Gasteiger partial charge in [-0.1, -0.05) is 30.3 Å². The Morgan fingerprint density at radius 1 is 0.700 bits per heavy atom. The molecule has 0 saturated carbocycles. The third-order valence-corrected chi connectivity index (χ3v) is 7.36. The second-order valence-corrected chi connectivity index (χ2v) is 10.4. The lowest BCUT2D eigenvalue weighted by Gasteiger charge is -2.23. The molecule has 0 unspecified atom stereocenters. The maximum Gasteiger partial charge on any atom is 0.243 e. The van der Waals surface area contributed by atoms with E-state index in [-0.39, 0.29) is 32.4 Å². The summed E-state index contributed by atoms with van der Waals surface area (Å²) in [5.41, 5.74) is 0.758. The van der Waals surface area contributed by atoms with E-state index in [2.05, 4.69) is 21.3 Å². The quantitative estimate of drug-likeness (QED) is 0.175. The highest BCUT2D eigenvalue weighted by atomic mass is 16.5. The number of hydrogen-bond donors (Lipinski definition) is 8. The van der Waals surface area contributed by atoms with Crippen molar-refractivity contribution < 1.29 is 49.1 Å². The second kappa shape index (κ2) is 13.0. The van der Waals surface area contributed by atoms with Crippen molar-refractivity contribution in [3.63, 3.8) is 0 Å². The van der Waals surface area contributed by atoms with Crippen molar-refractivity contribution in [1.82, 2.24) is 21.3 Å². The molecule has 0 radical (unpaired) electrons. The van der Waals surface area contributed by atoms with Crippen LogP contribution in [0, 0.1) is 0 Å². The van der Waals surface area contributed by atoms with Gasteiger partial charge in [-0.2, -0.15) is 0 Å². The van der Waals surface area contributed by atoms with Crippen LogP contribution in [0.25, 0.3) is 0 Å². The van der Waals surface area contributed by atoms with Gasteiger partial charge in [-0.05, 0) is 12.5 Å². The number of amides is 4. The van der Waals surface area contributed by atoms with Crippen molar-refractivity contribution in [2.45, 2.75) is 87.1 Å². The molecular formula is C26H36N4O10. The number of carbonyl (C=O) groups excluding carboxylic acids is 4. The van der Waals surface area contributed by atoms with Crippen molar-refractivity contribution in [3.8, 4) is 0 Å². The van der Waals surface area contributed by atoms with Gasteiger partial charge in [0.15, 0.2) is 0 Å². The average Bonchev–Trinajstić information content (AvgIpc) is 3.34. The Kier molecular flexibility index (Phi) is 9.71. The number of nitrogens with one attached hydrogen (secondary N) is 4. The summed E-state index contributed by atoms with van der Waals surface area (Å²) >= 11 is 0. The molecule has 10 atom stereocenters. The zero-order valence-electron chi connectivity index (χ0n) is 21.9.